The van der Waals surface area contributed by atoms with Crippen LogP contribution in [0.3, 0.4) is 0 Å². The van der Waals surface area contributed by atoms with Crippen LogP contribution in [0.5, 0.6) is 0 Å². The molecule has 31 heavy (non-hydrogen) atoms. The minimum absolute atomic E-state index is 0.184. The van der Waals surface area contributed by atoms with Crippen molar-refractivity contribution in [3.63, 3.8) is 0 Å². The Kier molecular flexibility index (Phi) is 4.94. The number of benzene rings is 2. The van der Waals surface area contributed by atoms with Crippen LogP contribution in [0.2, 0.25) is 0 Å². The summed E-state index contributed by atoms with van der Waals surface area (Å²) in [5.41, 5.74) is 5.24. The van der Waals surface area contributed by atoms with Gasteiger partial charge in [0.25, 0.3) is 11.8 Å². The summed E-state index contributed by atoms with van der Waals surface area (Å²) in [6.07, 6.45) is 5.78. The third-order valence-corrected chi connectivity index (χ3v) is 6.27. The molecule has 2 aromatic carbocycles. The second kappa shape index (κ2) is 7.78. The number of nitrogens with one attached hydrogen (secondary N) is 1. The number of imide groups is 1. The number of nitrogens with zero attached hydrogens (tertiary/aromatic N) is 2. The van der Waals surface area contributed by atoms with Crippen molar-refractivity contribution < 1.29 is 14.0 Å². The number of aryl methyl sites for hydroxylation is 1. The molecule has 2 amide bonds. The van der Waals surface area contributed by atoms with Crippen molar-refractivity contribution in [1.29, 1.82) is 0 Å². The average molecular weight is 417 g/mol. The third kappa shape index (κ3) is 3.57. The van der Waals surface area contributed by atoms with Crippen molar-refractivity contribution >= 4 is 28.3 Å². The number of carbonyl (C=O) groups excluding carboxylic acids is 2. The molecule has 2 aliphatic heterocycles. The average Bonchev–Trinajstić information content (AvgIpc) is 3.28. The van der Waals surface area contributed by atoms with Crippen molar-refractivity contribution in [2.75, 3.05) is 26.2 Å². The van der Waals surface area contributed by atoms with Crippen LogP contribution in [0.4, 0.5) is 4.39 Å². The molecule has 0 unspecified atom stereocenters. The second-order valence-corrected chi connectivity index (χ2v) is 8.34. The molecule has 1 N–H and O–H groups in total. The summed E-state index contributed by atoms with van der Waals surface area (Å²) >= 11 is 0. The van der Waals surface area contributed by atoms with E-state index < -0.39 is 0 Å². The fourth-order valence-electron chi connectivity index (χ4n) is 4.58. The van der Waals surface area contributed by atoms with Gasteiger partial charge in [0, 0.05) is 48.8 Å². The first kappa shape index (κ1) is 19.7. The first-order valence-corrected chi connectivity index (χ1v) is 10.7. The lowest BCUT2D eigenvalue weighted by molar-refractivity contribution is 0.0648. The Labute approximate surface area is 180 Å². The molecule has 6 heteroatoms. The number of hydrogen-bond donors (Lipinski definition) is 1. The Hall–Kier alpha value is -3.25. The molecule has 2 aliphatic rings. The predicted octanol–water partition coefficient (Wildman–Crippen LogP) is 4.39. The molecule has 0 saturated heterocycles. The topological polar surface area (TPSA) is 56.4 Å². The van der Waals surface area contributed by atoms with Gasteiger partial charge in [0.1, 0.15) is 5.82 Å². The van der Waals surface area contributed by atoms with Crippen molar-refractivity contribution in [2.24, 2.45) is 0 Å². The molecule has 158 valence electrons. The zero-order valence-electron chi connectivity index (χ0n) is 17.5. The number of rotatable bonds is 5. The Bertz CT molecular complexity index is 1230. The number of aromatic nitrogens is 1. The molecule has 1 aromatic heterocycles. The predicted molar refractivity (Wildman–Crippen MR) is 118 cm³/mol. The molecule has 0 fully saturated rings. The lowest BCUT2D eigenvalue weighted by Crippen LogP contribution is -2.35. The van der Waals surface area contributed by atoms with Crippen LogP contribution in [0, 0.1) is 12.7 Å². The number of halogens is 1. The maximum Gasteiger partial charge on any atom is 0.261 e. The van der Waals surface area contributed by atoms with Gasteiger partial charge in [-0.3, -0.25) is 19.4 Å². The Morgan fingerprint density at radius 1 is 1.00 bits per heavy atom. The Morgan fingerprint density at radius 2 is 1.84 bits per heavy atom. The zero-order chi connectivity index (χ0) is 21.5. The van der Waals surface area contributed by atoms with Gasteiger partial charge < -0.3 is 4.98 Å². The van der Waals surface area contributed by atoms with Crippen molar-refractivity contribution in [1.82, 2.24) is 14.8 Å². The standard InChI is InChI=1S/C25H24FN3O2/c1-16-3-5-19-21(13-16)25(31)29(24(19)30)10-2-9-28-11-7-17(8-12-28)22-15-27-23-6-4-18(26)14-20(22)23/h3-7,13-15,27H,2,8-12H2,1H3. The number of aromatic amines is 1. The van der Waals surface area contributed by atoms with E-state index in [1.165, 1.54) is 16.5 Å². The first-order chi connectivity index (χ1) is 15.0. The molecule has 3 aromatic rings. The number of carbonyl (C=O) groups is 2. The molecular weight excluding hydrogens is 393 g/mol. The van der Waals surface area contributed by atoms with Gasteiger partial charge >= 0.3 is 0 Å². The quantitative estimate of drug-likeness (QED) is 0.627. The minimum Gasteiger partial charge on any atom is -0.361 e. The Balaban J connectivity index is 1.19. The SMILES string of the molecule is Cc1ccc2c(c1)C(=O)N(CCCN1CC=C(c3c[nH]c4ccc(F)cc34)CC1)C2=O. The fourth-order valence-corrected chi connectivity index (χ4v) is 4.58. The van der Waals surface area contributed by atoms with E-state index in [0.29, 0.717) is 17.7 Å². The van der Waals surface area contributed by atoms with E-state index in [9.17, 15) is 14.0 Å². The van der Waals surface area contributed by atoms with Crippen LogP contribution < -0.4 is 0 Å². The molecule has 0 saturated carbocycles. The summed E-state index contributed by atoms with van der Waals surface area (Å²) in [5.74, 6) is -0.599. The van der Waals surface area contributed by atoms with Gasteiger partial charge in [-0.25, -0.2) is 4.39 Å². The van der Waals surface area contributed by atoms with Gasteiger partial charge in [-0.1, -0.05) is 17.7 Å². The molecule has 3 heterocycles. The monoisotopic (exact) mass is 417 g/mol. The van der Waals surface area contributed by atoms with Crippen LogP contribution >= 0.6 is 0 Å². The highest BCUT2D eigenvalue weighted by Crippen LogP contribution is 2.30. The van der Waals surface area contributed by atoms with Gasteiger partial charge in [-0.15, -0.1) is 0 Å². The van der Waals surface area contributed by atoms with Gasteiger partial charge in [-0.05, 0) is 55.7 Å². The van der Waals surface area contributed by atoms with E-state index in [1.54, 1.807) is 24.3 Å². The highest BCUT2D eigenvalue weighted by molar-refractivity contribution is 6.21. The summed E-state index contributed by atoms with van der Waals surface area (Å²) in [6.45, 7) is 4.87. The smallest absolute Gasteiger partial charge is 0.261 e. The maximum atomic E-state index is 13.7. The maximum absolute atomic E-state index is 13.7. The fraction of sp³-hybridized carbons (Fsp3) is 0.280. The van der Waals surface area contributed by atoms with Gasteiger partial charge in [-0.2, -0.15) is 0 Å². The lowest BCUT2D eigenvalue weighted by atomic mass is 9.99. The van der Waals surface area contributed by atoms with Crippen LogP contribution in [0.1, 0.15) is 44.7 Å². The van der Waals surface area contributed by atoms with Crippen LogP contribution in [0.15, 0.2) is 48.7 Å². The summed E-state index contributed by atoms with van der Waals surface area (Å²) in [5, 5.41) is 0.917. The molecule has 5 rings (SSSR count). The van der Waals surface area contributed by atoms with Crippen LogP contribution in [0.25, 0.3) is 16.5 Å². The molecule has 5 nitrogen and oxygen atoms in total. The highest BCUT2D eigenvalue weighted by atomic mass is 19.1. The van der Waals surface area contributed by atoms with Gasteiger partial charge in [0.15, 0.2) is 0 Å². The number of H-pyrrole nitrogens is 1. The van der Waals surface area contributed by atoms with Crippen molar-refractivity contribution in [3.8, 4) is 0 Å². The summed E-state index contributed by atoms with van der Waals surface area (Å²) < 4.78 is 13.7. The summed E-state index contributed by atoms with van der Waals surface area (Å²) in [4.78, 5) is 32.1. The molecule has 0 atom stereocenters. The van der Waals surface area contributed by atoms with Crippen molar-refractivity contribution in [2.45, 2.75) is 19.8 Å². The molecule has 0 radical (unpaired) electrons. The third-order valence-electron chi connectivity index (χ3n) is 6.27. The van der Waals surface area contributed by atoms with E-state index in [-0.39, 0.29) is 17.6 Å². The number of fused-ring (bicyclic) bond motifs is 2. The largest absolute Gasteiger partial charge is 0.361 e. The molecule has 0 spiro atoms. The van der Waals surface area contributed by atoms with Crippen LogP contribution in [-0.2, 0) is 0 Å². The van der Waals surface area contributed by atoms with E-state index in [1.807, 2.05) is 19.2 Å². The molecule has 0 bridgehead atoms. The summed E-state index contributed by atoms with van der Waals surface area (Å²) in [6, 6.07) is 10.2. The molecule has 0 aliphatic carbocycles. The lowest BCUT2D eigenvalue weighted by Gasteiger charge is -2.27. The number of amides is 2. The van der Waals surface area contributed by atoms with E-state index in [4.69, 9.17) is 0 Å². The minimum atomic E-state index is -0.227. The normalized spacial score (nSPS) is 16.8. The van der Waals surface area contributed by atoms with E-state index in [2.05, 4.69) is 16.0 Å². The van der Waals surface area contributed by atoms with E-state index >= 15 is 0 Å². The Morgan fingerprint density at radius 3 is 2.65 bits per heavy atom. The van der Waals surface area contributed by atoms with Crippen molar-refractivity contribution in [3.05, 3.63) is 76.7 Å². The van der Waals surface area contributed by atoms with Gasteiger partial charge in [0.05, 0.1) is 11.1 Å². The van der Waals surface area contributed by atoms with Crippen LogP contribution in [-0.4, -0.2) is 52.8 Å². The number of hydrogen-bond acceptors (Lipinski definition) is 3. The highest BCUT2D eigenvalue weighted by Gasteiger charge is 2.35. The first-order valence-electron chi connectivity index (χ1n) is 10.7. The second-order valence-electron chi connectivity index (χ2n) is 8.34. The van der Waals surface area contributed by atoms with Gasteiger partial charge in [0.2, 0.25) is 0 Å². The zero-order valence-corrected chi connectivity index (χ0v) is 17.5. The summed E-state index contributed by atoms with van der Waals surface area (Å²) in [7, 11) is 0. The van der Waals surface area contributed by atoms with E-state index in [0.717, 1.165) is 54.5 Å². The molecular formula is C25H24FN3O2.